The number of hydrazone groups is 1. The van der Waals surface area contributed by atoms with E-state index in [9.17, 15) is 4.79 Å². The topological polar surface area (TPSA) is 98.4 Å². The van der Waals surface area contributed by atoms with Crippen LogP contribution in [0.1, 0.15) is 25.7 Å². The molecule has 9 nitrogen and oxygen atoms in total. The number of rotatable bonds is 8. The van der Waals surface area contributed by atoms with Gasteiger partial charge in [-0.2, -0.15) is 5.10 Å². The maximum absolute atomic E-state index is 12.3. The Morgan fingerprint density at radius 3 is 2.88 bits per heavy atom. The lowest BCUT2D eigenvalue weighted by Crippen LogP contribution is -2.47. The molecule has 0 bridgehead atoms. The zero-order chi connectivity index (χ0) is 22.6. The molecule has 2 aliphatic carbocycles. The van der Waals surface area contributed by atoms with Crippen LogP contribution in [0.3, 0.4) is 0 Å². The lowest BCUT2D eigenvalue weighted by Gasteiger charge is -2.42. The lowest BCUT2D eigenvalue weighted by molar-refractivity contribution is -0.117. The Morgan fingerprint density at radius 1 is 1.31 bits per heavy atom. The Bertz CT molecular complexity index is 1050. The first-order valence-electron chi connectivity index (χ1n) is 10.9. The molecule has 168 valence electrons. The maximum atomic E-state index is 12.3. The van der Waals surface area contributed by atoms with Crippen molar-refractivity contribution >= 4 is 40.8 Å². The van der Waals surface area contributed by atoms with E-state index in [0.29, 0.717) is 23.7 Å². The molecular formula is C23H30N8O. The Kier molecular flexibility index (Phi) is 6.43. The molecule has 1 aromatic heterocycles. The van der Waals surface area contributed by atoms with E-state index in [-0.39, 0.29) is 12.5 Å². The highest BCUT2D eigenvalue weighted by molar-refractivity contribution is 6.29. The standard InChI is InChI=1S/C23H30N8O/c1-24-21(31(3)19-11-23(12-19)6-7-23)14-25-8-9-28-30(2)15-22(32)29-18-4-5-20-17(10-18)13-26-16-27-20/h4-5,9-10,13-14,16,19H,6-8,11-12,15H2,1-3H3,(H,29,32)/b24-21?,25-14?,28-9-. The highest BCUT2D eigenvalue weighted by Crippen LogP contribution is 2.61. The van der Waals surface area contributed by atoms with Crippen molar-refractivity contribution in [1.82, 2.24) is 19.9 Å². The molecule has 0 atom stereocenters. The highest BCUT2D eigenvalue weighted by atomic mass is 16.2. The van der Waals surface area contributed by atoms with Gasteiger partial charge in [-0.05, 0) is 49.3 Å². The van der Waals surface area contributed by atoms with Gasteiger partial charge in [-0.25, -0.2) is 9.97 Å². The minimum atomic E-state index is -0.152. The number of amidine groups is 1. The van der Waals surface area contributed by atoms with Crippen LogP contribution in [-0.4, -0.2) is 84.3 Å². The molecule has 2 aromatic rings. The van der Waals surface area contributed by atoms with E-state index in [4.69, 9.17) is 0 Å². The number of aromatic nitrogens is 2. The molecule has 1 aromatic carbocycles. The summed E-state index contributed by atoms with van der Waals surface area (Å²) in [6.07, 6.45) is 12.1. The Labute approximate surface area is 188 Å². The van der Waals surface area contributed by atoms with Crippen molar-refractivity contribution in [2.75, 3.05) is 39.5 Å². The largest absolute Gasteiger partial charge is 0.356 e. The van der Waals surface area contributed by atoms with Crippen molar-refractivity contribution in [3.05, 3.63) is 30.7 Å². The minimum Gasteiger partial charge on any atom is -0.356 e. The molecular weight excluding hydrogens is 404 g/mol. The highest BCUT2D eigenvalue weighted by Gasteiger charge is 2.54. The van der Waals surface area contributed by atoms with Gasteiger partial charge < -0.3 is 10.2 Å². The monoisotopic (exact) mass is 434 g/mol. The van der Waals surface area contributed by atoms with Crippen molar-refractivity contribution in [2.45, 2.75) is 31.7 Å². The van der Waals surface area contributed by atoms with E-state index >= 15 is 0 Å². The summed E-state index contributed by atoms with van der Waals surface area (Å²) >= 11 is 0. The Hall–Kier alpha value is -3.36. The average Bonchev–Trinajstić information content (AvgIpc) is 3.56. The van der Waals surface area contributed by atoms with Gasteiger partial charge in [0.15, 0.2) is 0 Å². The summed E-state index contributed by atoms with van der Waals surface area (Å²) < 4.78 is 0. The molecule has 1 amide bonds. The number of nitrogens with zero attached hydrogens (tertiary/aromatic N) is 7. The van der Waals surface area contributed by atoms with Crippen molar-refractivity contribution in [3.8, 4) is 0 Å². The fourth-order valence-corrected chi connectivity index (χ4v) is 4.16. The third-order valence-electron chi connectivity index (χ3n) is 6.27. The number of fused-ring (bicyclic) bond motifs is 1. The van der Waals surface area contributed by atoms with Gasteiger partial charge in [-0.15, -0.1) is 0 Å². The number of carbonyl (C=O) groups excluding carboxylic acids is 1. The first kappa shape index (κ1) is 21.9. The van der Waals surface area contributed by atoms with Gasteiger partial charge in [0.2, 0.25) is 5.91 Å². The predicted molar refractivity (Wildman–Crippen MR) is 128 cm³/mol. The van der Waals surface area contributed by atoms with Crippen LogP contribution < -0.4 is 5.32 Å². The van der Waals surface area contributed by atoms with Gasteiger partial charge >= 0.3 is 0 Å². The first-order chi connectivity index (χ1) is 15.5. The van der Waals surface area contributed by atoms with E-state index in [1.165, 1.54) is 32.0 Å². The average molecular weight is 435 g/mol. The normalized spacial score (nSPS) is 17.8. The molecule has 0 saturated heterocycles. The summed E-state index contributed by atoms with van der Waals surface area (Å²) in [6, 6.07) is 6.11. The number of amides is 1. The minimum absolute atomic E-state index is 0.136. The predicted octanol–water partition coefficient (Wildman–Crippen LogP) is 2.46. The van der Waals surface area contributed by atoms with Crippen molar-refractivity contribution in [3.63, 3.8) is 0 Å². The molecule has 2 aliphatic rings. The summed E-state index contributed by atoms with van der Waals surface area (Å²) in [5.74, 6) is 0.743. The van der Waals surface area contributed by atoms with E-state index in [1.807, 2.05) is 18.2 Å². The summed E-state index contributed by atoms with van der Waals surface area (Å²) in [7, 11) is 5.65. The van der Waals surface area contributed by atoms with Crippen LogP contribution in [0.2, 0.25) is 0 Å². The molecule has 0 radical (unpaired) electrons. The number of likely N-dealkylation sites (N-methyl/N-ethyl adjacent to an activating group) is 1. The SMILES string of the molecule is CN=C(C=NC/C=N\N(C)CC(=O)Nc1ccc2ncncc2c1)N(C)C1CC2(CC2)C1. The molecule has 0 unspecified atom stereocenters. The van der Waals surface area contributed by atoms with Crippen LogP contribution in [0, 0.1) is 5.41 Å². The number of hydrogen-bond acceptors (Lipinski definition) is 7. The summed E-state index contributed by atoms with van der Waals surface area (Å²) in [4.78, 5) is 31.5. The number of aliphatic imine (C=N–C) groups is 2. The van der Waals surface area contributed by atoms with Crippen molar-refractivity contribution in [1.29, 1.82) is 0 Å². The zero-order valence-corrected chi connectivity index (χ0v) is 18.9. The van der Waals surface area contributed by atoms with Gasteiger partial charge in [0.25, 0.3) is 0 Å². The van der Waals surface area contributed by atoms with Crippen LogP contribution in [0.15, 0.2) is 45.8 Å². The molecule has 2 saturated carbocycles. The fourth-order valence-electron chi connectivity index (χ4n) is 4.16. The maximum Gasteiger partial charge on any atom is 0.245 e. The Balaban J connectivity index is 1.19. The van der Waals surface area contributed by atoms with Gasteiger partial charge in [-0.3, -0.25) is 19.8 Å². The number of benzene rings is 1. The zero-order valence-electron chi connectivity index (χ0n) is 18.9. The number of carbonyl (C=O) groups is 1. The third kappa shape index (κ3) is 5.27. The molecule has 4 rings (SSSR count). The molecule has 1 heterocycles. The van der Waals surface area contributed by atoms with Crippen molar-refractivity contribution in [2.24, 2.45) is 20.5 Å². The van der Waals surface area contributed by atoms with Gasteiger partial charge in [0.05, 0.1) is 18.3 Å². The molecule has 1 spiro atoms. The van der Waals surface area contributed by atoms with E-state index in [2.05, 4.69) is 42.3 Å². The quantitative estimate of drug-likeness (QED) is 0.391. The number of anilines is 1. The molecule has 9 heteroatoms. The third-order valence-corrected chi connectivity index (χ3v) is 6.27. The second-order valence-electron chi connectivity index (χ2n) is 8.71. The van der Waals surface area contributed by atoms with Crippen LogP contribution >= 0.6 is 0 Å². The fraction of sp³-hybridized carbons (Fsp3) is 0.478. The molecule has 2 fully saturated rings. The lowest BCUT2D eigenvalue weighted by atomic mass is 9.76. The smallest absolute Gasteiger partial charge is 0.245 e. The van der Waals surface area contributed by atoms with E-state index < -0.39 is 0 Å². The summed E-state index contributed by atoms with van der Waals surface area (Å²) in [6.45, 7) is 0.565. The molecule has 1 N–H and O–H groups in total. The van der Waals surface area contributed by atoms with Gasteiger partial charge in [-0.1, -0.05) is 0 Å². The molecule has 0 aliphatic heterocycles. The van der Waals surface area contributed by atoms with E-state index in [0.717, 1.165) is 16.7 Å². The van der Waals surface area contributed by atoms with Gasteiger partial charge in [0, 0.05) is 50.7 Å². The second kappa shape index (κ2) is 9.42. The van der Waals surface area contributed by atoms with E-state index in [1.54, 1.807) is 37.7 Å². The van der Waals surface area contributed by atoms with Crippen LogP contribution in [0.4, 0.5) is 5.69 Å². The van der Waals surface area contributed by atoms with Crippen LogP contribution in [0.25, 0.3) is 10.9 Å². The number of hydrogen-bond donors (Lipinski definition) is 1. The van der Waals surface area contributed by atoms with Crippen LogP contribution in [-0.2, 0) is 4.79 Å². The summed E-state index contributed by atoms with van der Waals surface area (Å²) in [5.41, 5.74) is 2.21. The van der Waals surface area contributed by atoms with Crippen LogP contribution in [0.5, 0.6) is 0 Å². The second-order valence-corrected chi connectivity index (χ2v) is 8.71. The van der Waals surface area contributed by atoms with Crippen molar-refractivity contribution < 1.29 is 4.79 Å². The van der Waals surface area contributed by atoms with Gasteiger partial charge in [0.1, 0.15) is 18.7 Å². The Morgan fingerprint density at radius 2 is 2.12 bits per heavy atom. The number of nitrogens with one attached hydrogen (secondary N) is 1. The first-order valence-corrected chi connectivity index (χ1v) is 10.9. The molecule has 32 heavy (non-hydrogen) atoms. The summed E-state index contributed by atoms with van der Waals surface area (Å²) in [5, 5.41) is 9.60.